The molecule has 0 spiro atoms. The molecule has 0 fully saturated rings. The topological polar surface area (TPSA) is 38.5 Å². The maximum Gasteiger partial charge on any atom is 0.0631 e. The molecule has 0 aromatic heterocycles. The average Bonchev–Trinajstić information content (AvgIpc) is 1.82. The fourth-order valence-electron chi connectivity index (χ4n) is 0.716. The Bertz CT molecular complexity index is 66.1. The monoisotopic (exact) mass is 132 g/mol. The number of ether oxygens (including phenoxy) is 1. The van der Waals surface area contributed by atoms with Gasteiger partial charge in [-0.2, -0.15) is 0 Å². The molecule has 0 aliphatic carbocycles. The molecule has 0 heterocycles. The minimum absolute atomic E-state index is 0.356. The lowest BCUT2D eigenvalue weighted by Crippen LogP contribution is -2.39. The van der Waals surface area contributed by atoms with Gasteiger partial charge < -0.3 is 4.74 Å². The third-order valence-electron chi connectivity index (χ3n) is 1.41. The quantitative estimate of drug-likeness (QED) is 0.439. The lowest BCUT2D eigenvalue weighted by atomic mass is 10.2. The summed E-state index contributed by atoms with van der Waals surface area (Å²) >= 11 is 0. The van der Waals surface area contributed by atoms with Crippen molar-refractivity contribution in [1.29, 1.82) is 0 Å². The molecule has 0 radical (unpaired) electrons. The molecule has 3 heteroatoms. The Kier molecular flexibility index (Phi) is 4.67. The van der Waals surface area contributed by atoms with Crippen LogP contribution in [0.1, 0.15) is 13.3 Å². The van der Waals surface area contributed by atoms with Gasteiger partial charge in [0, 0.05) is 20.2 Å². The van der Waals surface area contributed by atoms with Crippen LogP contribution in [-0.4, -0.2) is 31.8 Å². The van der Waals surface area contributed by atoms with Crippen LogP contribution in [0.15, 0.2) is 0 Å². The summed E-state index contributed by atoms with van der Waals surface area (Å²) in [5.41, 5.74) is 0. The number of hydrogen-bond acceptors (Lipinski definition) is 3. The number of methoxy groups -OCH3 is 1. The number of likely N-dealkylation sites (N-methyl/N-ethyl adjacent to an activating group) is 1. The minimum atomic E-state index is 0.356. The van der Waals surface area contributed by atoms with Crippen LogP contribution in [0.5, 0.6) is 0 Å². The average molecular weight is 132 g/mol. The summed E-state index contributed by atoms with van der Waals surface area (Å²) in [4.78, 5) is 0. The van der Waals surface area contributed by atoms with Gasteiger partial charge in [0.15, 0.2) is 0 Å². The second-order valence-corrected chi connectivity index (χ2v) is 2.18. The van der Waals surface area contributed by atoms with Crippen LogP contribution >= 0.6 is 0 Å². The molecule has 56 valence electrons. The van der Waals surface area contributed by atoms with Gasteiger partial charge in [0.1, 0.15) is 0 Å². The van der Waals surface area contributed by atoms with Gasteiger partial charge in [-0.3, -0.25) is 5.84 Å². The number of rotatable bonds is 4. The summed E-state index contributed by atoms with van der Waals surface area (Å²) in [7, 11) is 3.54. The van der Waals surface area contributed by atoms with Gasteiger partial charge in [-0.1, -0.05) is 6.92 Å². The van der Waals surface area contributed by atoms with E-state index < -0.39 is 0 Å². The van der Waals surface area contributed by atoms with Crippen molar-refractivity contribution in [2.24, 2.45) is 5.84 Å². The molecule has 2 N–H and O–H groups in total. The van der Waals surface area contributed by atoms with Crippen LogP contribution in [0, 0.1) is 0 Å². The largest absolute Gasteiger partial charge is 0.383 e. The number of nitrogens with zero attached hydrogens (tertiary/aromatic N) is 1. The molecule has 0 aromatic carbocycles. The summed E-state index contributed by atoms with van der Waals surface area (Å²) in [6.07, 6.45) is 1.03. The summed E-state index contributed by atoms with van der Waals surface area (Å²) in [6.45, 7) is 2.80. The Labute approximate surface area is 56.7 Å². The Morgan fingerprint density at radius 2 is 2.22 bits per heavy atom. The van der Waals surface area contributed by atoms with Gasteiger partial charge >= 0.3 is 0 Å². The zero-order valence-electron chi connectivity index (χ0n) is 6.42. The number of hydrazine groups is 1. The van der Waals surface area contributed by atoms with E-state index in [1.54, 1.807) is 12.1 Å². The maximum atomic E-state index is 5.49. The Morgan fingerprint density at radius 3 is 2.33 bits per heavy atom. The van der Waals surface area contributed by atoms with E-state index in [4.69, 9.17) is 10.6 Å². The van der Waals surface area contributed by atoms with E-state index in [2.05, 4.69) is 6.92 Å². The minimum Gasteiger partial charge on any atom is -0.383 e. The van der Waals surface area contributed by atoms with E-state index in [9.17, 15) is 0 Å². The standard InChI is InChI=1S/C6H16N2O/c1-4-6(5-9-3)8(2)7/h6H,4-5,7H2,1-3H3/t6-/m0/s1. The van der Waals surface area contributed by atoms with E-state index in [1.165, 1.54) is 0 Å². The van der Waals surface area contributed by atoms with E-state index in [0.717, 1.165) is 6.42 Å². The van der Waals surface area contributed by atoms with E-state index in [1.807, 2.05) is 7.05 Å². The molecular weight excluding hydrogens is 116 g/mol. The highest BCUT2D eigenvalue weighted by Crippen LogP contribution is 1.95. The van der Waals surface area contributed by atoms with Gasteiger partial charge in [-0.25, -0.2) is 5.01 Å². The van der Waals surface area contributed by atoms with Crippen LogP contribution < -0.4 is 5.84 Å². The molecule has 9 heavy (non-hydrogen) atoms. The summed E-state index contributed by atoms with van der Waals surface area (Å²) in [5.74, 6) is 5.49. The zero-order chi connectivity index (χ0) is 7.28. The van der Waals surface area contributed by atoms with Crippen molar-refractivity contribution in [3.63, 3.8) is 0 Å². The van der Waals surface area contributed by atoms with Crippen LogP contribution in [0.4, 0.5) is 0 Å². The fraction of sp³-hybridized carbons (Fsp3) is 1.00. The molecule has 1 atom stereocenters. The lowest BCUT2D eigenvalue weighted by Gasteiger charge is -2.20. The summed E-state index contributed by atoms with van der Waals surface area (Å²) in [5, 5.41) is 1.68. The first-order valence-electron chi connectivity index (χ1n) is 3.18. The van der Waals surface area contributed by atoms with Crippen molar-refractivity contribution in [1.82, 2.24) is 5.01 Å². The van der Waals surface area contributed by atoms with Crippen LogP contribution in [0.3, 0.4) is 0 Å². The van der Waals surface area contributed by atoms with Gasteiger partial charge in [-0.15, -0.1) is 0 Å². The first-order chi connectivity index (χ1) is 4.22. The smallest absolute Gasteiger partial charge is 0.0631 e. The highest BCUT2D eigenvalue weighted by Gasteiger charge is 2.06. The first kappa shape index (κ1) is 8.88. The summed E-state index contributed by atoms with van der Waals surface area (Å²) in [6, 6.07) is 0.356. The SMILES string of the molecule is CC[C@@H](COC)N(C)N. The Balaban J connectivity index is 3.41. The van der Waals surface area contributed by atoms with Crippen molar-refractivity contribution in [3.05, 3.63) is 0 Å². The van der Waals surface area contributed by atoms with Crippen molar-refractivity contribution in [2.75, 3.05) is 20.8 Å². The lowest BCUT2D eigenvalue weighted by molar-refractivity contribution is 0.104. The molecule has 0 saturated carbocycles. The molecular formula is C6H16N2O. The van der Waals surface area contributed by atoms with E-state index in [-0.39, 0.29) is 0 Å². The van der Waals surface area contributed by atoms with Crippen molar-refractivity contribution in [2.45, 2.75) is 19.4 Å². The first-order valence-corrected chi connectivity index (χ1v) is 3.18. The predicted octanol–water partition coefficient (Wildman–Crippen LogP) is 0.217. The van der Waals surface area contributed by atoms with E-state index in [0.29, 0.717) is 12.6 Å². The molecule has 0 bridgehead atoms. The number of nitrogens with two attached hydrogens (primary N) is 1. The number of hydrogen-bond donors (Lipinski definition) is 1. The maximum absolute atomic E-state index is 5.49. The third kappa shape index (κ3) is 3.46. The van der Waals surface area contributed by atoms with Gasteiger partial charge in [0.05, 0.1) is 6.61 Å². The normalized spacial score (nSPS) is 14.3. The highest BCUT2D eigenvalue weighted by atomic mass is 16.5. The highest BCUT2D eigenvalue weighted by molar-refractivity contribution is 4.59. The zero-order valence-corrected chi connectivity index (χ0v) is 6.42. The van der Waals surface area contributed by atoms with Crippen molar-refractivity contribution < 1.29 is 4.74 Å². The molecule has 0 saturated heterocycles. The van der Waals surface area contributed by atoms with Gasteiger partial charge in [0.2, 0.25) is 0 Å². The molecule has 0 amide bonds. The van der Waals surface area contributed by atoms with Gasteiger partial charge in [-0.05, 0) is 6.42 Å². The summed E-state index contributed by atoms with van der Waals surface area (Å²) < 4.78 is 4.93. The van der Waals surface area contributed by atoms with Crippen molar-refractivity contribution in [3.8, 4) is 0 Å². The Hall–Kier alpha value is -0.120. The second kappa shape index (κ2) is 4.73. The molecule has 0 aliphatic rings. The molecule has 3 nitrogen and oxygen atoms in total. The molecule has 0 aliphatic heterocycles. The Morgan fingerprint density at radius 1 is 1.67 bits per heavy atom. The van der Waals surface area contributed by atoms with Crippen LogP contribution in [-0.2, 0) is 4.74 Å². The molecule has 0 unspecified atom stereocenters. The third-order valence-corrected chi connectivity index (χ3v) is 1.41. The van der Waals surface area contributed by atoms with E-state index >= 15 is 0 Å². The van der Waals surface area contributed by atoms with Crippen LogP contribution in [0.2, 0.25) is 0 Å². The fourth-order valence-corrected chi connectivity index (χ4v) is 0.716. The van der Waals surface area contributed by atoms with Crippen molar-refractivity contribution >= 4 is 0 Å². The second-order valence-electron chi connectivity index (χ2n) is 2.18. The molecule has 0 aromatic rings. The van der Waals surface area contributed by atoms with Crippen LogP contribution in [0.25, 0.3) is 0 Å². The molecule has 0 rings (SSSR count). The predicted molar refractivity (Wildman–Crippen MR) is 37.9 cm³/mol. The van der Waals surface area contributed by atoms with Gasteiger partial charge in [0.25, 0.3) is 0 Å².